The molecular weight excluding hydrogens is 300 g/mol. The normalized spacial score (nSPS) is 23.5. The van der Waals surface area contributed by atoms with E-state index in [0.717, 1.165) is 25.7 Å². The molecule has 1 N–H and O–H groups in total. The number of aromatic nitrogens is 1. The van der Waals surface area contributed by atoms with E-state index in [1.54, 1.807) is 25.3 Å². The Balaban J connectivity index is 1.81. The Morgan fingerprint density at radius 1 is 1.35 bits per heavy atom. The van der Waals surface area contributed by atoms with E-state index in [-0.39, 0.29) is 17.9 Å². The standard InChI is InChI=1S/C13H19ClN2O3S/c1-2-20(17,18)16-11-4-6-12(7-5-11)19-13-8-3-10(14)9-15-13/h3,8-9,11-12,16H,2,4-7H2,1H3. The van der Waals surface area contributed by atoms with Crippen molar-refractivity contribution in [2.75, 3.05) is 5.75 Å². The summed E-state index contributed by atoms with van der Waals surface area (Å²) in [6.07, 6.45) is 4.86. The van der Waals surface area contributed by atoms with Crippen LogP contribution in [0, 0.1) is 0 Å². The fraction of sp³-hybridized carbons (Fsp3) is 0.615. The van der Waals surface area contributed by atoms with E-state index in [1.807, 2.05) is 0 Å². The van der Waals surface area contributed by atoms with Crippen LogP contribution in [0.1, 0.15) is 32.6 Å². The van der Waals surface area contributed by atoms with Crippen LogP contribution in [0.2, 0.25) is 5.02 Å². The lowest BCUT2D eigenvalue weighted by Gasteiger charge is -2.28. The number of hydrogen-bond acceptors (Lipinski definition) is 4. The third-order valence-electron chi connectivity index (χ3n) is 3.39. The highest BCUT2D eigenvalue weighted by Crippen LogP contribution is 2.23. The van der Waals surface area contributed by atoms with Crippen molar-refractivity contribution in [3.63, 3.8) is 0 Å². The second-order valence-corrected chi connectivity index (χ2v) is 7.41. The summed E-state index contributed by atoms with van der Waals surface area (Å²) in [6, 6.07) is 3.51. The zero-order valence-corrected chi connectivity index (χ0v) is 13.0. The molecule has 112 valence electrons. The highest BCUT2D eigenvalue weighted by molar-refractivity contribution is 7.89. The van der Waals surface area contributed by atoms with Crippen LogP contribution >= 0.6 is 11.6 Å². The van der Waals surface area contributed by atoms with Gasteiger partial charge in [0, 0.05) is 18.3 Å². The van der Waals surface area contributed by atoms with Crippen molar-refractivity contribution in [1.82, 2.24) is 9.71 Å². The van der Waals surface area contributed by atoms with Gasteiger partial charge in [0.05, 0.1) is 10.8 Å². The number of sulfonamides is 1. The molecule has 0 saturated heterocycles. The molecule has 0 radical (unpaired) electrons. The van der Waals surface area contributed by atoms with Gasteiger partial charge in [-0.15, -0.1) is 0 Å². The van der Waals surface area contributed by atoms with Crippen LogP contribution in [0.25, 0.3) is 0 Å². The zero-order valence-electron chi connectivity index (χ0n) is 11.4. The number of nitrogens with zero attached hydrogens (tertiary/aromatic N) is 1. The summed E-state index contributed by atoms with van der Waals surface area (Å²) in [5.74, 6) is 0.685. The van der Waals surface area contributed by atoms with Crippen LogP contribution in [0.5, 0.6) is 5.88 Å². The molecule has 0 aliphatic heterocycles. The minimum absolute atomic E-state index is 0.0259. The first-order valence-corrected chi connectivity index (χ1v) is 8.80. The summed E-state index contributed by atoms with van der Waals surface area (Å²) >= 11 is 5.77. The molecule has 1 aromatic rings. The molecule has 1 aliphatic rings. The number of hydrogen-bond donors (Lipinski definition) is 1. The monoisotopic (exact) mass is 318 g/mol. The molecular formula is C13H19ClN2O3S. The van der Waals surface area contributed by atoms with Gasteiger partial charge in [-0.05, 0) is 38.7 Å². The molecule has 20 heavy (non-hydrogen) atoms. The average molecular weight is 319 g/mol. The van der Waals surface area contributed by atoms with E-state index < -0.39 is 10.0 Å². The highest BCUT2D eigenvalue weighted by Gasteiger charge is 2.25. The second kappa shape index (κ2) is 6.74. The van der Waals surface area contributed by atoms with E-state index in [1.165, 1.54) is 0 Å². The number of ether oxygens (including phenoxy) is 1. The molecule has 0 aromatic carbocycles. The fourth-order valence-electron chi connectivity index (χ4n) is 2.24. The van der Waals surface area contributed by atoms with Gasteiger partial charge in [-0.1, -0.05) is 11.6 Å². The highest BCUT2D eigenvalue weighted by atomic mass is 35.5. The number of halogens is 1. The van der Waals surface area contributed by atoms with Gasteiger partial charge in [0.1, 0.15) is 6.10 Å². The van der Waals surface area contributed by atoms with E-state index in [4.69, 9.17) is 16.3 Å². The number of pyridine rings is 1. The van der Waals surface area contributed by atoms with Crippen molar-refractivity contribution in [3.05, 3.63) is 23.4 Å². The molecule has 0 amide bonds. The van der Waals surface area contributed by atoms with Crippen molar-refractivity contribution < 1.29 is 13.2 Å². The molecule has 1 aliphatic carbocycles. The summed E-state index contributed by atoms with van der Waals surface area (Å²) in [6.45, 7) is 1.64. The molecule has 5 nitrogen and oxygen atoms in total. The van der Waals surface area contributed by atoms with Crippen LogP contribution in [0.4, 0.5) is 0 Å². The van der Waals surface area contributed by atoms with Crippen molar-refractivity contribution in [2.24, 2.45) is 0 Å². The Hall–Kier alpha value is -0.850. The van der Waals surface area contributed by atoms with Crippen molar-refractivity contribution in [3.8, 4) is 5.88 Å². The second-order valence-electron chi connectivity index (χ2n) is 4.93. The van der Waals surface area contributed by atoms with Crippen molar-refractivity contribution >= 4 is 21.6 Å². The summed E-state index contributed by atoms with van der Waals surface area (Å²) in [4.78, 5) is 4.10. The first-order chi connectivity index (χ1) is 9.48. The van der Waals surface area contributed by atoms with Gasteiger partial charge in [0.25, 0.3) is 0 Å². The van der Waals surface area contributed by atoms with Gasteiger partial charge in [-0.25, -0.2) is 18.1 Å². The predicted octanol–water partition coefficient (Wildman–Crippen LogP) is 2.36. The minimum atomic E-state index is -3.12. The molecule has 0 atom stereocenters. The molecule has 1 aromatic heterocycles. The lowest BCUT2D eigenvalue weighted by Crippen LogP contribution is -2.40. The maximum atomic E-state index is 11.5. The average Bonchev–Trinajstić information content (AvgIpc) is 2.43. The Labute approximate surface area is 124 Å². The van der Waals surface area contributed by atoms with Crippen molar-refractivity contribution in [2.45, 2.75) is 44.8 Å². The molecule has 2 rings (SSSR count). The molecule has 0 unspecified atom stereocenters. The van der Waals surface area contributed by atoms with E-state index >= 15 is 0 Å². The lowest BCUT2D eigenvalue weighted by molar-refractivity contribution is 0.138. The number of rotatable bonds is 5. The van der Waals surface area contributed by atoms with E-state index in [0.29, 0.717) is 10.9 Å². The van der Waals surface area contributed by atoms with E-state index in [9.17, 15) is 8.42 Å². The van der Waals surface area contributed by atoms with Gasteiger partial charge in [0.15, 0.2) is 0 Å². The largest absolute Gasteiger partial charge is 0.474 e. The van der Waals surface area contributed by atoms with Crippen molar-refractivity contribution in [1.29, 1.82) is 0 Å². The molecule has 1 saturated carbocycles. The summed E-state index contributed by atoms with van der Waals surface area (Å²) in [5.41, 5.74) is 0. The first-order valence-electron chi connectivity index (χ1n) is 6.76. The Morgan fingerprint density at radius 2 is 2.05 bits per heavy atom. The topological polar surface area (TPSA) is 68.3 Å². The smallest absolute Gasteiger partial charge is 0.213 e. The maximum absolute atomic E-state index is 11.5. The zero-order chi connectivity index (χ0) is 14.6. The summed E-state index contributed by atoms with van der Waals surface area (Å²) in [7, 11) is -3.12. The fourth-order valence-corrected chi connectivity index (χ4v) is 3.26. The Kier molecular flexibility index (Phi) is 5.23. The van der Waals surface area contributed by atoms with Crippen LogP contribution < -0.4 is 9.46 Å². The third kappa shape index (κ3) is 4.61. The summed E-state index contributed by atoms with van der Waals surface area (Å²) in [5, 5.41) is 0.579. The van der Waals surface area contributed by atoms with Gasteiger partial charge < -0.3 is 4.74 Å². The van der Waals surface area contributed by atoms with Gasteiger partial charge in [-0.3, -0.25) is 0 Å². The maximum Gasteiger partial charge on any atom is 0.213 e. The van der Waals surface area contributed by atoms with Gasteiger partial charge in [0.2, 0.25) is 15.9 Å². The molecule has 1 heterocycles. The Morgan fingerprint density at radius 3 is 2.60 bits per heavy atom. The third-order valence-corrected chi connectivity index (χ3v) is 5.06. The quantitative estimate of drug-likeness (QED) is 0.905. The summed E-state index contributed by atoms with van der Waals surface area (Å²) < 4.78 is 31.5. The predicted molar refractivity (Wildman–Crippen MR) is 78.5 cm³/mol. The SMILES string of the molecule is CCS(=O)(=O)NC1CCC(Oc2ccc(Cl)cn2)CC1. The molecule has 0 bridgehead atoms. The van der Waals surface area contributed by atoms with E-state index in [2.05, 4.69) is 9.71 Å². The van der Waals surface area contributed by atoms with Gasteiger partial charge >= 0.3 is 0 Å². The Bertz CT molecular complexity index is 525. The molecule has 1 fully saturated rings. The van der Waals surface area contributed by atoms with Crippen LogP contribution in [0.3, 0.4) is 0 Å². The first kappa shape index (κ1) is 15.5. The van der Waals surface area contributed by atoms with Gasteiger partial charge in [-0.2, -0.15) is 0 Å². The van der Waals surface area contributed by atoms with Crippen LogP contribution in [0.15, 0.2) is 18.3 Å². The van der Waals surface area contributed by atoms with Crippen LogP contribution in [-0.4, -0.2) is 31.3 Å². The molecule has 7 heteroatoms. The van der Waals surface area contributed by atoms with Crippen LogP contribution in [-0.2, 0) is 10.0 Å². The molecule has 0 spiro atoms. The number of nitrogens with one attached hydrogen (secondary N) is 1. The lowest BCUT2D eigenvalue weighted by atomic mass is 9.94. The minimum Gasteiger partial charge on any atom is -0.474 e.